The normalized spacial score (nSPS) is 11.7. The van der Waals surface area contributed by atoms with Gasteiger partial charge in [0.25, 0.3) is 0 Å². The molecule has 0 heterocycles. The molecule has 1 rings (SSSR count). The highest BCUT2D eigenvalue weighted by Gasteiger charge is 2.05. The van der Waals surface area contributed by atoms with E-state index in [1.807, 2.05) is 31.2 Å². The van der Waals surface area contributed by atoms with Gasteiger partial charge in [0.05, 0.1) is 12.3 Å². The summed E-state index contributed by atoms with van der Waals surface area (Å²) in [5, 5.41) is 7.00. The molecule has 3 nitrogen and oxygen atoms in total. The number of ether oxygens (including phenoxy) is 1. The molecule has 0 spiro atoms. The summed E-state index contributed by atoms with van der Waals surface area (Å²) in [4.78, 5) is 0. The van der Waals surface area contributed by atoms with Crippen LogP contribution >= 0.6 is 12.2 Å². The van der Waals surface area contributed by atoms with Crippen molar-refractivity contribution >= 4 is 23.0 Å². The fourth-order valence-corrected chi connectivity index (χ4v) is 1.65. The minimum Gasteiger partial charge on any atom is -0.492 e. The Kier molecular flexibility index (Phi) is 5.77. The summed E-state index contributed by atoms with van der Waals surface area (Å²) in [6.07, 6.45) is 1.04. The molecule has 4 heteroatoms. The minimum absolute atomic E-state index is 0.370. The van der Waals surface area contributed by atoms with Gasteiger partial charge in [0.15, 0.2) is 5.11 Å². The number of hydrogen-bond acceptors (Lipinski definition) is 2. The molecule has 0 aromatic heterocycles. The van der Waals surface area contributed by atoms with Crippen LogP contribution in [0.5, 0.6) is 5.75 Å². The number of benzene rings is 1. The van der Waals surface area contributed by atoms with Gasteiger partial charge >= 0.3 is 0 Å². The number of hydrogen-bond donors (Lipinski definition) is 2. The summed E-state index contributed by atoms with van der Waals surface area (Å²) in [5.74, 6) is 0.823. The van der Waals surface area contributed by atoms with Gasteiger partial charge in [0, 0.05) is 6.04 Å². The Morgan fingerprint density at radius 1 is 1.35 bits per heavy atom. The Hall–Kier alpha value is -1.29. The van der Waals surface area contributed by atoms with Gasteiger partial charge in [0.1, 0.15) is 5.75 Å². The van der Waals surface area contributed by atoms with Gasteiger partial charge in [-0.15, -0.1) is 0 Å². The van der Waals surface area contributed by atoms with E-state index in [2.05, 4.69) is 24.5 Å². The second-order valence-corrected chi connectivity index (χ2v) is 4.25. The first kappa shape index (κ1) is 13.8. The quantitative estimate of drug-likeness (QED) is 0.789. The maximum Gasteiger partial charge on any atom is 0.171 e. The molecule has 1 aromatic carbocycles. The van der Waals surface area contributed by atoms with E-state index in [0.717, 1.165) is 17.9 Å². The maximum absolute atomic E-state index is 5.52. The Balaban J connectivity index is 2.64. The summed E-state index contributed by atoms with van der Waals surface area (Å²) in [6.45, 7) is 6.83. The molecule has 0 fully saturated rings. The van der Waals surface area contributed by atoms with Crippen LogP contribution in [0.2, 0.25) is 0 Å². The number of nitrogens with one attached hydrogen (secondary N) is 2. The molecule has 0 bridgehead atoms. The fraction of sp³-hybridized carbons (Fsp3) is 0.462. The van der Waals surface area contributed by atoms with E-state index in [4.69, 9.17) is 17.0 Å². The zero-order chi connectivity index (χ0) is 12.7. The van der Waals surface area contributed by atoms with Crippen molar-refractivity contribution in [2.45, 2.75) is 33.2 Å². The van der Waals surface area contributed by atoms with Gasteiger partial charge in [0.2, 0.25) is 0 Å². The first-order valence-corrected chi connectivity index (χ1v) is 6.37. The number of rotatable bonds is 5. The van der Waals surface area contributed by atoms with E-state index in [0.29, 0.717) is 17.8 Å². The lowest BCUT2D eigenvalue weighted by Crippen LogP contribution is -2.35. The summed E-state index contributed by atoms with van der Waals surface area (Å²) in [5.41, 5.74) is 0.898. The Morgan fingerprint density at radius 3 is 2.71 bits per heavy atom. The van der Waals surface area contributed by atoms with Gasteiger partial charge in [-0.25, -0.2) is 0 Å². The lowest BCUT2D eigenvalue weighted by molar-refractivity contribution is 0.342. The standard InChI is InChI=1S/C13H20N2OS/c1-4-10(3)14-13(17)15-11-8-6-7-9-12(11)16-5-2/h6-10H,4-5H2,1-3H3,(H2,14,15,17)/t10-/m1/s1. The average Bonchev–Trinajstić information content (AvgIpc) is 2.31. The molecular weight excluding hydrogens is 232 g/mol. The van der Waals surface area contributed by atoms with Crippen LogP contribution in [-0.4, -0.2) is 17.8 Å². The molecule has 94 valence electrons. The fourth-order valence-electron chi connectivity index (χ4n) is 1.34. The molecule has 2 N–H and O–H groups in total. The van der Waals surface area contributed by atoms with Crippen LogP contribution in [0.25, 0.3) is 0 Å². The van der Waals surface area contributed by atoms with Crippen molar-refractivity contribution < 1.29 is 4.74 Å². The lowest BCUT2D eigenvalue weighted by Gasteiger charge is -2.17. The molecule has 0 amide bonds. The zero-order valence-corrected chi connectivity index (χ0v) is 11.4. The third-order valence-electron chi connectivity index (χ3n) is 2.42. The van der Waals surface area contributed by atoms with Crippen LogP contribution < -0.4 is 15.4 Å². The Morgan fingerprint density at radius 2 is 2.06 bits per heavy atom. The number of para-hydroxylation sites is 2. The van der Waals surface area contributed by atoms with Gasteiger partial charge in [-0.1, -0.05) is 19.1 Å². The van der Waals surface area contributed by atoms with E-state index < -0.39 is 0 Å². The minimum atomic E-state index is 0.370. The third kappa shape index (κ3) is 4.61. The van der Waals surface area contributed by atoms with E-state index in [1.165, 1.54) is 0 Å². The van der Waals surface area contributed by atoms with Crippen molar-refractivity contribution in [3.63, 3.8) is 0 Å². The molecular formula is C13H20N2OS. The first-order chi connectivity index (χ1) is 8.17. The van der Waals surface area contributed by atoms with Gasteiger partial charge < -0.3 is 15.4 Å². The molecule has 1 aromatic rings. The molecule has 1 atom stereocenters. The van der Waals surface area contributed by atoms with Crippen molar-refractivity contribution in [2.24, 2.45) is 0 Å². The molecule has 0 aliphatic heterocycles. The summed E-state index contributed by atoms with van der Waals surface area (Å²) in [7, 11) is 0. The first-order valence-electron chi connectivity index (χ1n) is 5.96. The van der Waals surface area contributed by atoms with Crippen molar-refractivity contribution in [3.05, 3.63) is 24.3 Å². The second kappa shape index (κ2) is 7.12. The van der Waals surface area contributed by atoms with Gasteiger partial charge in [-0.2, -0.15) is 0 Å². The second-order valence-electron chi connectivity index (χ2n) is 3.84. The van der Waals surface area contributed by atoms with Gasteiger partial charge in [-0.3, -0.25) is 0 Å². The third-order valence-corrected chi connectivity index (χ3v) is 2.64. The highest BCUT2D eigenvalue weighted by atomic mass is 32.1. The number of thiocarbonyl (C=S) groups is 1. The van der Waals surface area contributed by atoms with Crippen LogP contribution in [0.3, 0.4) is 0 Å². The van der Waals surface area contributed by atoms with E-state index in [1.54, 1.807) is 0 Å². The monoisotopic (exact) mass is 252 g/mol. The Bertz CT molecular complexity index is 368. The molecule has 0 radical (unpaired) electrons. The predicted octanol–water partition coefficient (Wildman–Crippen LogP) is 3.17. The highest BCUT2D eigenvalue weighted by molar-refractivity contribution is 7.80. The maximum atomic E-state index is 5.52. The van der Waals surface area contributed by atoms with Crippen LogP contribution in [-0.2, 0) is 0 Å². The molecule has 0 unspecified atom stereocenters. The van der Waals surface area contributed by atoms with Crippen LogP contribution in [0.4, 0.5) is 5.69 Å². The summed E-state index contributed by atoms with van der Waals surface area (Å²) >= 11 is 5.24. The SMILES string of the molecule is CCOc1ccccc1NC(=S)N[C@H](C)CC. The average molecular weight is 252 g/mol. The molecule has 0 saturated heterocycles. The largest absolute Gasteiger partial charge is 0.492 e. The highest BCUT2D eigenvalue weighted by Crippen LogP contribution is 2.23. The topological polar surface area (TPSA) is 33.3 Å². The molecule has 0 aliphatic carbocycles. The van der Waals surface area contributed by atoms with Crippen LogP contribution in [0.1, 0.15) is 27.2 Å². The van der Waals surface area contributed by atoms with E-state index >= 15 is 0 Å². The smallest absolute Gasteiger partial charge is 0.171 e. The van der Waals surface area contributed by atoms with Crippen molar-refractivity contribution in [3.8, 4) is 5.75 Å². The van der Waals surface area contributed by atoms with Crippen molar-refractivity contribution in [1.82, 2.24) is 5.32 Å². The summed E-state index contributed by atoms with van der Waals surface area (Å²) in [6, 6.07) is 8.15. The Labute approximate surface area is 109 Å². The number of anilines is 1. The van der Waals surface area contributed by atoms with Crippen LogP contribution in [0, 0.1) is 0 Å². The molecule has 17 heavy (non-hydrogen) atoms. The van der Waals surface area contributed by atoms with Gasteiger partial charge in [-0.05, 0) is 44.6 Å². The van der Waals surface area contributed by atoms with Crippen LogP contribution in [0.15, 0.2) is 24.3 Å². The zero-order valence-electron chi connectivity index (χ0n) is 10.6. The summed E-state index contributed by atoms with van der Waals surface area (Å²) < 4.78 is 5.52. The van der Waals surface area contributed by atoms with Crippen molar-refractivity contribution in [2.75, 3.05) is 11.9 Å². The molecule has 0 saturated carbocycles. The molecule has 0 aliphatic rings. The van der Waals surface area contributed by atoms with Crippen molar-refractivity contribution in [1.29, 1.82) is 0 Å². The van der Waals surface area contributed by atoms with E-state index in [9.17, 15) is 0 Å². The van der Waals surface area contributed by atoms with E-state index in [-0.39, 0.29) is 0 Å². The lowest BCUT2D eigenvalue weighted by atomic mass is 10.2. The predicted molar refractivity (Wildman–Crippen MR) is 76.7 cm³/mol.